The number of carbonyl (C=O) groups is 1. The van der Waals surface area contributed by atoms with E-state index in [4.69, 9.17) is 0 Å². The number of rotatable bonds is 1. The molecule has 0 aromatic carbocycles. The summed E-state index contributed by atoms with van der Waals surface area (Å²) in [6.07, 6.45) is 4.91. The fourth-order valence-corrected chi connectivity index (χ4v) is 3.72. The molecule has 2 fully saturated rings. The lowest BCUT2D eigenvalue weighted by molar-refractivity contribution is -0.170. The molecule has 0 bridgehead atoms. The van der Waals surface area contributed by atoms with Crippen molar-refractivity contribution in [1.82, 2.24) is 5.32 Å². The van der Waals surface area contributed by atoms with Crippen LogP contribution in [-0.2, 0) is 4.79 Å². The predicted molar refractivity (Wildman–Crippen MR) is 63.2 cm³/mol. The topological polar surface area (TPSA) is 49.3 Å². The Kier molecular flexibility index (Phi) is 2.87. The minimum Gasteiger partial charge on any atom is -0.381 e. The van der Waals surface area contributed by atoms with Gasteiger partial charge in [-0.05, 0) is 33.1 Å². The molecule has 0 spiro atoms. The SMILES string of the molecule is CC(=O)C1(O)CC(C)NC2CCCCC21C. The molecule has 1 saturated carbocycles. The van der Waals surface area contributed by atoms with Gasteiger partial charge in [-0.3, -0.25) is 4.79 Å². The Bertz CT molecular complexity index is 304. The fraction of sp³-hybridized carbons (Fsp3) is 0.923. The van der Waals surface area contributed by atoms with E-state index in [9.17, 15) is 9.90 Å². The molecular weight excluding hydrogens is 202 g/mol. The van der Waals surface area contributed by atoms with Crippen LogP contribution in [0.25, 0.3) is 0 Å². The average Bonchev–Trinajstić information content (AvgIpc) is 2.19. The van der Waals surface area contributed by atoms with Crippen molar-refractivity contribution in [3.63, 3.8) is 0 Å². The molecular formula is C13H23NO2. The first-order chi connectivity index (χ1) is 7.40. The number of carbonyl (C=O) groups excluding carboxylic acids is 1. The van der Waals surface area contributed by atoms with Crippen LogP contribution in [0.4, 0.5) is 0 Å². The Hall–Kier alpha value is -0.410. The summed E-state index contributed by atoms with van der Waals surface area (Å²) >= 11 is 0. The van der Waals surface area contributed by atoms with E-state index in [1.165, 1.54) is 13.3 Å². The molecule has 4 unspecified atom stereocenters. The highest BCUT2D eigenvalue weighted by Crippen LogP contribution is 2.49. The fourth-order valence-electron chi connectivity index (χ4n) is 3.72. The molecule has 92 valence electrons. The van der Waals surface area contributed by atoms with Crippen LogP contribution in [0.1, 0.15) is 52.9 Å². The number of fused-ring (bicyclic) bond motifs is 1. The summed E-state index contributed by atoms with van der Waals surface area (Å²) in [6.45, 7) is 5.67. The number of nitrogens with one attached hydrogen (secondary N) is 1. The lowest BCUT2D eigenvalue weighted by Gasteiger charge is -2.56. The van der Waals surface area contributed by atoms with Gasteiger partial charge in [0, 0.05) is 17.5 Å². The minimum atomic E-state index is -1.12. The third kappa shape index (κ3) is 1.52. The van der Waals surface area contributed by atoms with Crippen molar-refractivity contribution in [3.8, 4) is 0 Å². The number of hydrogen-bond acceptors (Lipinski definition) is 3. The van der Waals surface area contributed by atoms with Crippen molar-refractivity contribution in [3.05, 3.63) is 0 Å². The van der Waals surface area contributed by atoms with Crippen molar-refractivity contribution in [2.24, 2.45) is 5.41 Å². The van der Waals surface area contributed by atoms with E-state index >= 15 is 0 Å². The van der Waals surface area contributed by atoms with E-state index in [1.807, 2.05) is 0 Å². The van der Waals surface area contributed by atoms with Crippen molar-refractivity contribution in [2.45, 2.75) is 70.6 Å². The molecule has 16 heavy (non-hydrogen) atoms. The quantitative estimate of drug-likeness (QED) is 0.713. The van der Waals surface area contributed by atoms with Crippen LogP contribution >= 0.6 is 0 Å². The molecule has 1 heterocycles. The van der Waals surface area contributed by atoms with Gasteiger partial charge in [-0.2, -0.15) is 0 Å². The average molecular weight is 225 g/mol. The van der Waals surface area contributed by atoms with Crippen LogP contribution in [0, 0.1) is 5.41 Å². The summed E-state index contributed by atoms with van der Waals surface area (Å²) in [7, 11) is 0. The van der Waals surface area contributed by atoms with Crippen LogP contribution < -0.4 is 5.32 Å². The number of hydrogen-bond donors (Lipinski definition) is 2. The molecule has 1 aliphatic carbocycles. The maximum Gasteiger partial charge on any atom is 0.161 e. The summed E-state index contributed by atoms with van der Waals surface area (Å²) in [6, 6.07) is 0.518. The van der Waals surface area contributed by atoms with E-state index in [1.54, 1.807) is 0 Å². The predicted octanol–water partition coefficient (Wildman–Crippen LogP) is 1.64. The van der Waals surface area contributed by atoms with Crippen molar-refractivity contribution in [2.75, 3.05) is 0 Å². The lowest BCUT2D eigenvalue weighted by atomic mass is 9.56. The molecule has 0 aromatic heterocycles. The third-order valence-corrected chi connectivity index (χ3v) is 4.82. The summed E-state index contributed by atoms with van der Waals surface area (Å²) in [5.74, 6) is -0.0600. The molecule has 3 heteroatoms. The maximum atomic E-state index is 11.8. The number of aliphatic hydroxyl groups is 1. The zero-order valence-electron chi connectivity index (χ0n) is 10.5. The largest absolute Gasteiger partial charge is 0.381 e. The van der Waals surface area contributed by atoms with E-state index in [-0.39, 0.29) is 17.2 Å². The Morgan fingerprint density at radius 1 is 1.44 bits per heavy atom. The second-order valence-electron chi connectivity index (χ2n) is 5.90. The molecule has 2 aliphatic rings. The van der Waals surface area contributed by atoms with Gasteiger partial charge in [-0.15, -0.1) is 0 Å². The highest BCUT2D eigenvalue weighted by Gasteiger charge is 2.58. The summed E-state index contributed by atoms with van der Waals surface area (Å²) < 4.78 is 0. The second-order valence-corrected chi connectivity index (χ2v) is 5.90. The molecule has 3 nitrogen and oxygen atoms in total. The maximum absolute atomic E-state index is 11.8. The molecule has 1 saturated heterocycles. The minimum absolute atomic E-state index is 0.0600. The van der Waals surface area contributed by atoms with Gasteiger partial charge in [-0.1, -0.05) is 19.8 Å². The van der Waals surface area contributed by atoms with Crippen LogP contribution in [0.3, 0.4) is 0 Å². The number of Topliss-reactive ketones (excluding diaryl/α,β-unsaturated/α-hetero) is 1. The zero-order chi connectivity index (χ0) is 12.0. The molecule has 0 amide bonds. The van der Waals surface area contributed by atoms with Gasteiger partial charge in [0.1, 0.15) is 5.60 Å². The van der Waals surface area contributed by atoms with Crippen LogP contribution in [-0.4, -0.2) is 28.6 Å². The van der Waals surface area contributed by atoms with Crippen molar-refractivity contribution >= 4 is 5.78 Å². The van der Waals surface area contributed by atoms with Gasteiger partial charge in [0.05, 0.1) is 0 Å². The first-order valence-corrected chi connectivity index (χ1v) is 6.39. The zero-order valence-corrected chi connectivity index (χ0v) is 10.5. The monoisotopic (exact) mass is 225 g/mol. The Morgan fingerprint density at radius 2 is 2.12 bits per heavy atom. The Morgan fingerprint density at radius 3 is 2.75 bits per heavy atom. The number of piperidine rings is 1. The van der Waals surface area contributed by atoms with E-state index in [2.05, 4.69) is 19.2 Å². The molecule has 0 radical (unpaired) electrons. The van der Waals surface area contributed by atoms with Crippen molar-refractivity contribution < 1.29 is 9.90 Å². The molecule has 1 aliphatic heterocycles. The van der Waals surface area contributed by atoms with Gasteiger partial charge in [0.2, 0.25) is 0 Å². The van der Waals surface area contributed by atoms with Gasteiger partial charge in [-0.25, -0.2) is 0 Å². The number of ketones is 1. The Labute approximate surface area is 97.6 Å². The second kappa shape index (κ2) is 3.81. The Balaban J connectivity index is 2.37. The van der Waals surface area contributed by atoms with Crippen LogP contribution in [0.15, 0.2) is 0 Å². The molecule has 0 aromatic rings. The summed E-state index contributed by atoms with van der Waals surface area (Å²) in [5, 5.41) is 14.3. The molecule has 2 N–H and O–H groups in total. The van der Waals surface area contributed by atoms with Gasteiger partial charge < -0.3 is 10.4 Å². The van der Waals surface area contributed by atoms with E-state index in [0.29, 0.717) is 12.5 Å². The van der Waals surface area contributed by atoms with Crippen molar-refractivity contribution in [1.29, 1.82) is 0 Å². The normalized spacial score (nSPS) is 48.5. The third-order valence-electron chi connectivity index (χ3n) is 4.82. The van der Waals surface area contributed by atoms with Gasteiger partial charge >= 0.3 is 0 Å². The molecule has 2 rings (SSSR count). The highest BCUT2D eigenvalue weighted by atomic mass is 16.3. The van der Waals surface area contributed by atoms with Gasteiger partial charge in [0.15, 0.2) is 5.78 Å². The van der Waals surface area contributed by atoms with Crippen LogP contribution in [0.2, 0.25) is 0 Å². The standard InChI is InChI=1S/C13H23NO2/c1-9-8-13(16,10(2)15)12(3)7-5-4-6-11(12)14-9/h9,11,14,16H,4-8H2,1-3H3. The van der Waals surface area contributed by atoms with E-state index < -0.39 is 5.60 Å². The molecule has 4 atom stereocenters. The highest BCUT2D eigenvalue weighted by molar-refractivity contribution is 5.86. The smallest absolute Gasteiger partial charge is 0.161 e. The van der Waals surface area contributed by atoms with Gasteiger partial charge in [0.25, 0.3) is 0 Å². The first-order valence-electron chi connectivity index (χ1n) is 6.39. The first kappa shape index (κ1) is 12.1. The lowest BCUT2D eigenvalue weighted by Crippen LogP contribution is -2.69. The summed E-state index contributed by atoms with van der Waals surface area (Å²) in [5.41, 5.74) is -1.40. The van der Waals surface area contributed by atoms with E-state index in [0.717, 1.165) is 19.3 Å². The van der Waals surface area contributed by atoms with Crippen LogP contribution in [0.5, 0.6) is 0 Å². The summed E-state index contributed by atoms with van der Waals surface area (Å²) in [4.78, 5) is 11.8.